The van der Waals surface area contributed by atoms with Gasteiger partial charge in [-0.3, -0.25) is 0 Å². The summed E-state index contributed by atoms with van der Waals surface area (Å²) in [6, 6.07) is 0. The predicted molar refractivity (Wildman–Crippen MR) is 90.6 cm³/mol. The molecule has 0 amide bonds. The quantitative estimate of drug-likeness (QED) is 0.689. The maximum atomic E-state index is 5.73. The number of tetrazole rings is 1. The first-order valence-corrected chi connectivity index (χ1v) is 9.30. The van der Waals surface area contributed by atoms with Crippen molar-refractivity contribution in [1.29, 1.82) is 0 Å². The molecule has 2 N–H and O–H groups in total. The van der Waals surface area contributed by atoms with E-state index in [1.165, 1.54) is 15.8 Å². The van der Waals surface area contributed by atoms with E-state index in [0.717, 1.165) is 56.2 Å². The average Bonchev–Trinajstić information content (AvgIpc) is 3.30. The van der Waals surface area contributed by atoms with E-state index in [9.17, 15) is 0 Å². The van der Waals surface area contributed by atoms with E-state index in [1.54, 1.807) is 20.8 Å². The molecule has 1 unspecified atom stereocenters. The van der Waals surface area contributed by atoms with Gasteiger partial charge in [-0.05, 0) is 28.8 Å². The minimum absolute atomic E-state index is 0.277. The summed E-state index contributed by atoms with van der Waals surface area (Å²) in [5, 5.41) is 16.7. The van der Waals surface area contributed by atoms with Gasteiger partial charge in [0.25, 0.3) is 5.78 Å². The Bertz CT molecular complexity index is 898. The van der Waals surface area contributed by atoms with E-state index in [-0.39, 0.29) is 6.10 Å². The van der Waals surface area contributed by atoms with E-state index in [0.29, 0.717) is 5.78 Å². The second-order valence-electron chi connectivity index (χ2n) is 6.68. The van der Waals surface area contributed by atoms with Crippen LogP contribution in [-0.4, -0.2) is 57.9 Å². The van der Waals surface area contributed by atoms with Crippen LogP contribution in [0.25, 0.3) is 16.0 Å². The highest BCUT2D eigenvalue weighted by molar-refractivity contribution is 7.19. The van der Waals surface area contributed by atoms with Crippen LogP contribution in [0.1, 0.15) is 23.3 Å². The van der Waals surface area contributed by atoms with Gasteiger partial charge in [0, 0.05) is 19.6 Å². The average molecular weight is 346 g/mol. The zero-order chi connectivity index (χ0) is 16.1. The number of nitrogens with zero attached hydrogens (tertiary/aromatic N) is 5. The topological polar surface area (TPSA) is 81.7 Å². The molecule has 0 aliphatic carbocycles. The van der Waals surface area contributed by atoms with Gasteiger partial charge < -0.3 is 15.0 Å². The van der Waals surface area contributed by atoms with Crippen LogP contribution >= 0.6 is 11.3 Å². The molecule has 126 valence electrons. The van der Waals surface area contributed by atoms with Gasteiger partial charge in [0.15, 0.2) is 0 Å². The van der Waals surface area contributed by atoms with Crippen molar-refractivity contribution in [2.45, 2.75) is 31.9 Å². The van der Waals surface area contributed by atoms with Crippen LogP contribution in [0.3, 0.4) is 0 Å². The van der Waals surface area contributed by atoms with Crippen molar-refractivity contribution < 1.29 is 9.64 Å². The first-order valence-electron chi connectivity index (χ1n) is 8.48. The van der Waals surface area contributed by atoms with Crippen molar-refractivity contribution in [3.05, 3.63) is 10.4 Å². The van der Waals surface area contributed by atoms with Crippen LogP contribution in [0.4, 0.5) is 5.82 Å². The number of thiophene rings is 1. The number of fused-ring (bicyclic) bond motifs is 5. The minimum Gasteiger partial charge on any atom is -0.376 e. The number of hydrogen-bond acceptors (Lipinski definition) is 7. The molecule has 3 aromatic heterocycles. The van der Waals surface area contributed by atoms with Crippen molar-refractivity contribution in [2.75, 3.05) is 32.1 Å². The van der Waals surface area contributed by atoms with E-state index in [2.05, 4.69) is 32.9 Å². The monoisotopic (exact) mass is 346 g/mol. The van der Waals surface area contributed by atoms with Crippen LogP contribution in [0.2, 0.25) is 0 Å². The number of likely N-dealkylation sites (N-methyl/N-ethyl adjacent to an activating group) is 1. The molecule has 3 aromatic rings. The summed E-state index contributed by atoms with van der Waals surface area (Å²) < 4.78 is 7.50. The van der Waals surface area contributed by atoms with E-state index >= 15 is 0 Å². The summed E-state index contributed by atoms with van der Waals surface area (Å²) in [7, 11) is 2.24. The number of rotatable bonds is 3. The minimum atomic E-state index is 0.277. The molecule has 1 saturated heterocycles. The standard InChI is InChI=1S/C15H19N7OS/c1-21-5-4-10-11(8-21)24-14-12(10)13(16-7-9-3-2-6-23-9)17-15-18-19-20-22(14)15/h9H,2-8H2,1H3,(H,16,17,18,20)/p+1/t9-/m1/s1. The van der Waals surface area contributed by atoms with Gasteiger partial charge in [-0.1, -0.05) is 5.10 Å². The molecule has 0 bridgehead atoms. The van der Waals surface area contributed by atoms with Crippen molar-refractivity contribution in [3.8, 4) is 0 Å². The summed E-state index contributed by atoms with van der Waals surface area (Å²) >= 11 is 1.80. The molecule has 5 rings (SSSR count). The lowest BCUT2D eigenvalue weighted by molar-refractivity contribution is -0.895. The number of ether oxygens (including phenoxy) is 1. The van der Waals surface area contributed by atoms with Gasteiger partial charge in [-0.25, -0.2) is 0 Å². The third kappa shape index (κ3) is 2.27. The van der Waals surface area contributed by atoms with Gasteiger partial charge >= 0.3 is 0 Å². The fourth-order valence-electron chi connectivity index (χ4n) is 3.68. The second-order valence-corrected chi connectivity index (χ2v) is 7.77. The molecular formula is C15H20N7OS+. The number of quaternary nitrogens is 1. The molecule has 2 atom stereocenters. The predicted octanol–water partition coefficient (Wildman–Crippen LogP) is -0.104. The Kier molecular flexibility index (Phi) is 3.39. The normalized spacial score (nSPS) is 23.9. The Labute approximate surface area is 142 Å². The van der Waals surface area contributed by atoms with Gasteiger partial charge in [-0.2, -0.15) is 9.50 Å². The van der Waals surface area contributed by atoms with Crippen molar-refractivity contribution >= 4 is 33.1 Å². The summed E-state index contributed by atoms with van der Waals surface area (Å²) in [6.45, 7) is 3.86. The largest absolute Gasteiger partial charge is 0.376 e. The number of hydrogen-bond donors (Lipinski definition) is 2. The number of anilines is 1. The van der Waals surface area contributed by atoms with Crippen molar-refractivity contribution in [1.82, 2.24) is 25.0 Å². The molecule has 2 aliphatic rings. The van der Waals surface area contributed by atoms with E-state index in [1.807, 2.05) is 0 Å². The molecule has 1 fully saturated rings. The molecule has 2 aliphatic heterocycles. The maximum Gasteiger partial charge on any atom is 0.276 e. The van der Waals surface area contributed by atoms with Crippen LogP contribution in [-0.2, 0) is 17.7 Å². The van der Waals surface area contributed by atoms with E-state index in [4.69, 9.17) is 4.74 Å². The third-order valence-electron chi connectivity index (χ3n) is 4.95. The highest BCUT2D eigenvalue weighted by Crippen LogP contribution is 2.36. The Hall–Kier alpha value is -1.84. The van der Waals surface area contributed by atoms with Gasteiger partial charge in [0.05, 0.1) is 30.0 Å². The molecule has 0 radical (unpaired) electrons. The molecule has 0 spiro atoms. The number of nitrogens with one attached hydrogen (secondary N) is 2. The summed E-state index contributed by atoms with van der Waals surface area (Å²) in [5.74, 6) is 1.46. The summed E-state index contributed by atoms with van der Waals surface area (Å²) in [6.07, 6.45) is 3.61. The molecule has 0 saturated carbocycles. The SMILES string of the molecule is C[NH+]1CCc2c(sc3c2c(NC[C@H]2CCCO2)nc2nnnn23)C1. The Morgan fingerprint density at radius 1 is 1.46 bits per heavy atom. The van der Waals surface area contributed by atoms with Gasteiger partial charge in [0.2, 0.25) is 0 Å². The summed E-state index contributed by atoms with van der Waals surface area (Å²) in [5.41, 5.74) is 1.42. The first-order chi connectivity index (χ1) is 11.8. The Morgan fingerprint density at radius 3 is 3.29 bits per heavy atom. The summed E-state index contributed by atoms with van der Waals surface area (Å²) in [4.78, 5) is 8.76. The fourth-order valence-corrected chi connectivity index (χ4v) is 5.09. The molecule has 8 nitrogen and oxygen atoms in total. The van der Waals surface area contributed by atoms with Gasteiger partial charge in [0.1, 0.15) is 17.2 Å². The van der Waals surface area contributed by atoms with Crippen molar-refractivity contribution in [3.63, 3.8) is 0 Å². The first kappa shape index (κ1) is 14.5. The van der Waals surface area contributed by atoms with Crippen LogP contribution in [0.5, 0.6) is 0 Å². The molecule has 9 heteroatoms. The van der Waals surface area contributed by atoms with E-state index < -0.39 is 0 Å². The zero-order valence-electron chi connectivity index (χ0n) is 13.6. The van der Waals surface area contributed by atoms with Crippen molar-refractivity contribution in [2.24, 2.45) is 0 Å². The number of aromatic nitrogens is 5. The smallest absolute Gasteiger partial charge is 0.276 e. The molecule has 5 heterocycles. The van der Waals surface area contributed by atoms with Gasteiger partial charge in [-0.15, -0.1) is 11.3 Å². The second kappa shape index (κ2) is 5.61. The molecule has 0 aromatic carbocycles. The highest BCUT2D eigenvalue weighted by atomic mass is 32.1. The van der Waals surface area contributed by atoms with Crippen LogP contribution in [0.15, 0.2) is 0 Å². The maximum absolute atomic E-state index is 5.73. The third-order valence-corrected chi connectivity index (χ3v) is 6.16. The fraction of sp³-hybridized carbons (Fsp3) is 0.600. The Morgan fingerprint density at radius 2 is 2.42 bits per heavy atom. The Balaban J connectivity index is 1.62. The zero-order valence-corrected chi connectivity index (χ0v) is 14.4. The highest BCUT2D eigenvalue weighted by Gasteiger charge is 2.26. The van der Waals surface area contributed by atoms with Crippen LogP contribution < -0.4 is 10.2 Å². The lowest BCUT2D eigenvalue weighted by Crippen LogP contribution is -3.08. The lowest BCUT2D eigenvalue weighted by atomic mass is 10.1. The molecule has 24 heavy (non-hydrogen) atoms. The lowest BCUT2D eigenvalue weighted by Gasteiger charge is -2.19. The van der Waals surface area contributed by atoms with Crippen LogP contribution in [0, 0.1) is 0 Å². The molecular weight excluding hydrogens is 326 g/mol.